The van der Waals surface area contributed by atoms with Gasteiger partial charge in [-0.3, -0.25) is 9.69 Å². The molecule has 118 valence electrons. The molecule has 0 spiro atoms. The standard InChI is InChI=1S/C15H21N5O2/c1-10-17-14(19-22-10)12-4-3-7-20(12)8-13(21)18-15(2,9-16)11-5-6-11/h11-12H,3-8H2,1-2H3,(H,18,21)/t12-,15-/m0/s1. The minimum atomic E-state index is -0.741. The molecule has 1 N–H and O–H groups in total. The third-order valence-corrected chi connectivity index (χ3v) is 4.58. The van der Waals surface area contributed by atoms with Crippen LogP contribution in [0.1, 0.15) is 50.4 Å². The number of amides is 1. The van der Waals surface area contributed by atoms with Crippen molar-refractivity contribution in [1.82, 2.24) is 20.4 Å². The van der Waals surface area contributed by atoms with E-state index in [1.165, 1.54) is 0 Å². The number of carbonyl (C=O) groups is 1. The molecule has 1 aromatic rings. The number of carbonyl (C=O) groups excluding carboxylic acids is 1. The monoisotopic (exact) mass is 303 g/mol. The minimum Gasteiger partial charge on any atom is -0.340 e. The van der Waals surface area contributed by atoms with E-state index in [4.69, 9.17) is 4.52 Å². The summed E-state index contributed by atoms with van der Waals surface area (Å²) in [5.74, 6) is 1.36. The highest BCUT2D eigenvalue weighted by Crippen LogP contribution is 2.39. The van der Waals surface area contributed by atoms with Gasteiger partial charge in [0.05, 0.1) is 18.7 Å². The lowest BCUT2D eigenvalue weighted by Gasteiger charge is -2.26. The predicted octanol–water partition coefficient (Wildman–Crippen LogP) is 1.32. The second kappa shape index (κ2) is 5.69. The Morgan fingerprint density at radius 3 is 2.91 bits per heavy atom. The predicted molar refractivity (Wildman–Crippen MR) is 77.5 cm³/mol. The number of nitriles is 1. The van der Waals surface area contributed by atoms with Crippen LogP contribution in [0.2, 0.25) is 0 Å². The van der Waals surface area contributed by atoms with E-state index in [2.05, 4.69) is 26.4 Å². The van der Waals surface area contributed by atoms with Crippen LogP contribution in [0.15, 0.2) is 4.52 Å². The van der Waals surface area contributed by atoms with Gasteiger partial charge in [0, 0.05) is 6.92 Å². The van der Waals surface area contributed by atoms with Crippen LogP contribution in [0.4, 0.5) is 0 Å². The fraction of sp³-hybridized carbons (Fsp3) is 0.733. The Kier molecular flexibility index (Phi) is 3.87. The lowest BCUT2D eigenvalue weighted by atomic mass is 9.98. The summed E-state index contributed by atoms with van der Waals surface area (Å²) in [6, 6.07) is 2.28. The average molecular weight is 303 g/mol. The number of hydrogen-bond acceptors (Lipinski definition) is 6. The SMILES string of the molecule is Cc1nc([C@@H]2CCCN2CC(=O)N[C@@](C)(C#N)C2CC2)no1. The highest BCUT2D eigenvalue weighted by atomic mass is 16.5. The summed E-state index contributed by atoms with van der Waals surface area (Å²) in [6.07, 6.45) is 3.95. The van der Waals surface area contributed by atoms with Gasteiger partial charge in [0.1, 0.15) is 5.54 Å². The van der Waals surface area contributed by atoms with Crippen molar-refractivity contribution in [2.24, 2.45) is 5.92 Å². The van der Waals surface area contributed by atoms with Gasteiger partial charge in [-0.05, 0) is 45.1 Å². The molecule has 7 heteroatoms. The summed E-state index contributed by atoms with van der Waals surface area (Å²) in [4.78, 5) is 18.7. The van der Waals surface area contributed by atoms with E-state index >= 15 is 0 Å². The van der Waals surface area contributed by atoms with E-state index in [1.54, 1.807) is 6.92 Å². The molecule has 0 radical (unpaired) electrons. The Bertz CT molecular complexity index is 603. The van der Waals surface area contributed by atoms with Crippen molar-refractivity contribution in [3.8, 4) is 6.07 Å². The summed E-state index contributed by atoms with van der Waals surface area (Å²) in [6.45, 7) is 4.67. The normalized spacial score (nSPS) is 24.7. The zero-order chi connectivity index (χ0) is 15.7. The van der Waals surface area contributed by atoms with Gasteiger partial charge < -0.3 is 9.84 Å². The van der Waals surface area contributed by atoms with Crippen molar-refractivity contribution >= 4 is 5.91 Å². The Balaban J connectivity index is 1.62. The average Bonchev–Trinajstić information content (AvgIpc) is 3.12. The Morgan fingerprint density at radius 1 is 1.55 bits per heavy atom. The van der Waals surface area contributed by atoms with Crippen LogP contribution in [-0.2, 0) is 4.79 Å². The summed E-state index contributed by atoms with van der Waals surface area (Å²) in [5, 5.41) is 16.2. The lowest BCUT2D eigenvalue weighted by Crippen LogP contribution is -2.50. The maximum Gasteiger partial charge on any atom is 0.235 e. The Hall–Kier alpha value is -1.94. The molecule has 1 aliphatic heterocycles. The van der Waals surface area contributed by atoms with Gasteiger partial charge in [-0.2, -0.15) is 10.2 Å². The number of nitrogens with zero attached hydrogens (tertiary/aromatic N) is 4. The Labute approximate surface area is 129 Å². The zero-order valence-corrected chi connectivity index (χ0v) is 13.0. The van der Waals surface area contributed by atoms with Gasteiger partial charge in [-0.15, -0.1) is 0 Å². The van der Waals surface area contributed by atoms with Crippen molar-refractivity contribution in [2.45, 2.75) is 51.1 Å². The van der Waals surface area contributed by atoms with Gasteiger partial charge in [-0.1, -0.05) is 5.16 Å². The maximum absolute atomic E-state index is 12.3. The van der Waals surface area contributed by atoms with Crippen LogP contribution in [0, 0.1) is 24.2 Å². The van der Waals surface area contributed by atoms with Crippen molar-refractivity contribution < 1.29 is 9.32 Å². The fourth-order valence-corrected chi connectivity index (χ4v) is 3.15. The highest BCUT2D eigenvalue weighted by Gasteiger charge is 2.43. The quantitative estimate of drug-likeness (QED) is 0.881. The van der Waals surface area contributed by atoms with Crippen molar-refractivity contribution in [1.29, 1.82) is 5.26 Å². The molecule has 22 heavy (non-hydrogen) atoms. The van der Waals surface area contributed by atoms with Gasteiger partial charge >= 0.3 is 0 Å². The number of aromatic nitrogens is 2. The number of rotatable bonds is 5. The number of hydrogen-bond donors (Lipinski definition) is 1. The second-order valence-corrected chi connectivity index (χ2v) is 6.44. The molecule has 0 unspecified atom stereocenters. The first kappa shape index (κ1) is 15.0. The third kappa shape index (κ3) is 2.97. The molecule has 0 aromatic carbocycles. The van der Waals surface area contributed by atoms with Crippen LogP contribution >= 0.6 is 0 Å². The van der Waals surface area contributed by atoms with Gasteiger partial charge in [0.25, 0.3) is 0 Å². The molecule has 1 saturated carbocycles. The molecule has 7 nitrogen and oxygen atoms in total. The molecular weight excluding hydrogens is 282 g/mol. The molecule has 2 fully saturated rings. The van der Waals surface area contributed by atoms with Crippen LogP contribution in [0.3, 0.4) is 0 Å². The smallest absolute Gasteiger partial charge is 0.235 e. The van der Waals surface area contributed by atoms with Crippen molar-refractivity contribution in [2.75, 3.05) is 13.1 Å². The number of aryl methyl sites for hydroxylation is 1. The summed E-state index contributed by atoms with van der Waals surface area (Å²) in [7, 11) is 0. The van der Waals surface area contributed by atoms with Crippen LogP contribution in [0.25, 0.3) is 0 Å². The first-order valence-corrected chi connectivity index (χ1v) is 7.78. The highest BCUT2D eigenvalue weighted by molar-refractivity contribution is 5.79. The maximum atomic E-state index is 12.3. The molecule has 3 rings (SSSR count). The molecule has 2 atom stereocenters. The van der Waals surface area contributed by atoms with Gasteiger partial charge in [-0.25, -0.2) is 0 Å². The molecular formula is C15H21N5O2. The van der Waals surface area contributed by atoms with E-state index in [0.29, 0.717) is 11.7 Å². The zero-order valence-electron chi connectivity index (χ0n) is 13.0. The van der Waals surface area contributed by atoms with Crippen LogP contribution in [-0.4, -0.2) is 39.6 Å². The van der Waals surface area contributed by atoms with Crippen LogP contribution in [0.5, 0.6) is 0 Å². The molecule has 0 bridgehead atoms. The molecule has 1 aliphatic carbocycles. The van der Waals surface area contributed by atoms with Gasteiger partial charge in [0.2, 0.25) is 11.8 Å². The third-order valence-electron chi connectivity index (χ3n) is 4.58. The topological polar surface area (TPSA) is 95.1 Å². The Morgan fingerprint density at radius 2 is 2.32 bits per heavy atom. The molecule has 1 saturated heterocycles. The van der Waals surface area contributed by atoms with E-state index in [0.717, 1.165) is 32.2 Å². The van der Waals surface area contributed by atoms with E-state index in [9.17, 15) is 10.1 Å². The minimum absolute atomic E-state index is 0.0254. The number of nitrogens with one attached hydrogen (secondary N) is 1. The van der Waals surface area contributed by atoms with Crippen molar-refractivity contribution in [3.63, 3.8) is 0 Å². The number of likely N-dealkylation sites (tertiary alicyclic amines) is 1. The lowest BCUT2D eigenvalue weighted by molar-refractivity contribution is -0.123. The van der Waals surface area contributed by atoms with Gasteiger partial charge in [0.15, 0.2) is 5.82 Å². The molecule has 1 amide bonds. The molecule has 2 aliphatic rings. The summed E-state index contributed by atoms with van der Waals surface area (Å²) < 4.78 is 5.04. The summed E-state index contributed by atoms with van der Waals surface area (Å²) in [5.41, 5.74) is -0.741. The van der Waals surface area contributed by atoms with E-state index in [1.807, 2.05) is 6.92 Å². The molecule has 2 heterocycles. The first-order valence-electron chi connectivity index (χ1n) is 7.78. The van der Waals surface area contributed by atoms with Crippen molar-refractivity contribution in [3.05, 3.63) is 11.7 Å². The summed E-state index contributed by atoms with van der Waals surface area (Å²) >= 11 is 0. The van der Waals surface area contributed by atoms with Crippen LogP contribution < -0.4 is 5.32 Å². The molecule has 1 aromatic heterocycles. The second-order valence-electron chi connectivity index (χ2n) is 6.44. The van der Waals surface area contributed by atoms with E-state index < -0.39 is 5.54 Å². The van der Waals surface area contributed by atoms with E-state index in [-0.39, 0.29) is 24.4 Å². The fourth-order valence-electron chi connectivity index (χ4n) is 3.15. The largest absolute Gasteiger partial charge is 0.340 e. The first-order chi connectivity index (χ1) is 10.5.